The highest BCUT2D eigenvalue weighted by Crippen LogP contribution is 2.32. The quantitative estimate of drug-likeness (QED) is 0.502. The zero-order valence-corrected chi connectivity index (χ0v) is 15.0. The third-order valence-corrected chi connectivity index (χ3v) is 3.85. The van der Waals surface area contributed by atoms with Crippen LogP contribution in [0.4, 0.5) is 6.01 Å². The van der Waals surface area contributed by atoms with Gasteiger partial charge in [0.1, 0.15) is 0 Å². The first-order chi connectivity index (χ1) is 14.2. The SMILES string of the molecule is O=C(COC(=O)/C=C/c1ccc2c(c1)OCO2)Nc1nnc(-c2ccccc2)o1. The Morgan fingerprint density at radius 2 is 1.90 bits per heavy atom. The normalized spacial score (nSPS) is 12.1. The van der Waals surface area contributed by atoms with Crippen molar-refractivity contribution in [3.05, 3.63) is 60.2 Å². The monoisotopic (exact) mass is 393 g/mol. The molecule has 1 aliphatic heterocycles. The maximum absolute atomic E-state index is 11.9. The van der Waals surface area contributed by atoms with E-state index in [1.54, 1.807) is 36.4 Å². The third-order valence-electron chi connectivity index (χ3n) is 3.85. The van der Waals surface area contributed by atoms with Gasteiger partial charge < -0.3 is 18.6 Å². The van der Waals surface area contributed by atoms with Crippen LogP contribution in [-0.4, -0.2) is 35.5 Å². The minimum Gasteiger partial charge on any atom is -0.454 e. The van der Waals surface area contributed by atoms with Crippen molar-refractivity contribution >= 4 is 24.0 Å². The fourth-order valence-corrected chi connectivity index (χ4v) is 2.49. The molecule has 0 saturated heterocycles. The number of esters is 1. The molecule has 0 aliphatic carbocycles. The molecule has 1 amide bonds. The molecule has 0 saturated carbocycles. The first-order valence-corrected chi connectivity index (χ1v) is 8.61. The molecule has 1 aliphatic rings. The summed E-state index contributed by atoms with van der Waals surface area (Å²) in [6, 6.07) is 14.3. The number of carbonyl (C=O) groups is 2. The molecule has 1 N–H and O–H groups in total. The number of hydrogen-bond donors (Lipinski definition) is 1. The van der Waals surface area contributed by atoms with Crippen molar-refractivity contribution in [2.45, 2.75) is 0 Å². The van der Waals surface area contributed by atoms with Gasteiger partial charge in [-0.25, -0.2) is 4.79 Å². The second kappa shape index (κ2) is 8.26. The zero-order chi connectivity index (χ0) is 20.1. The van der Waals surface area contributed by atoms with Crippen LogP contribution in [0.2, 0.25) is 0 Å². The number of nitrogens with zero attached hydrogens (tertiary/aromatic N) is 2. The summed E-state index contributed by atoms with van der Waals surface area (Å²) in [7, 11) is 0. The Labute approximate surface area is 164 Å². The van der Waals surface area contributed by atoms with E-state index >= 15 is 0 Å². The van der Waals surface area contributed by atoms with E-state index in [1.165, 1.54) is 6.08 Å². The first-order valence-electron chi connectivity index (χ1n) is 8.61. The topological polar surface area (TPSA) is 113 Å². The summed E-state index contributed by atoms with van der Waals surface area (Å²) in [4.78, 5) is 23.7. The molecule has 146 valence electrons. The second-order valence-electron chi connectivity index (χ2n) is 5.88. The summed E-state index contributed by atoms with van der Waals surface area (Å²) in [6.45, 7) is -0.320. The van der Waals surface area contributed by atoms with E-state index < -0.39 is 18.5 Å². The molecule has 0 bridgehead atoms. The van der Waals surface area contributed by atoms with Gasteiger partial charge in [-0.3, -0.25) is 10.1 Å². The highest BCUT2D eigenvalue weighted by molar-refractivity contribution is 5.93. The van der Waals surface area contributed by atoms with Crippen molar-refractivity contribution in [3.63, 3.8) is 0 Å². The predicted octanol–water partition coefficient (Wildman–Crippen LogP) is 2.66. The summed E-state index contributed by atoms with van der Waals surface area (Å²) in [6.07, 6.45) is 2.76. The molecule has 1 aromatic heterocycles. The number of benzene rings is 2. The largest absolute Gasteiger partial charge is 0.454 e. The smallest absolute Gasteiger partial charge is 0.331 e. The summed E-state index contributed by atoms with van der Waals surface area (Å²) in [5, 5.41) is 9.97. The molecule has 0 fully saturated rings. The van der Waals surface area contributed by atoms with Crippen molar-refractivity contribution in [3.8, 4) is 23.0 Å². The van der Waals surface area contributed by atoms with Crippen LogP contribution in [0, 0.1) is 0 Å². The van der Waals surface area contributed by atoms with Gasteiger partial charge in [-0.15, -0.1) is 5.10 Å². The van der Waals surface area contributed by atoms with E-state index in [0.29, 0.717) is 11.5 Å². The minimum absolute atomic E-state index is 0.0826. The molecule has 0 spiro atoms. The predicted molar refractivity (Wildman–Crippen MR) is 101 cm³/mol. The van der Waals surface area contributed by atoms with Gasteiger partial charge in [0.05, 0.1) is 0 Å². The molecule has 2 aromatic carbocycles. The van der Waals surface area contributed by atoms with E-state index in [1.807, 2.05) is 18.2 Å². The highest BCUT2D eigenvalue weighted by Gasteiger charge is 2.14. The van der Waals surface area contributed by atoms with Crippen LogP contribution in [-0.2, 0) is 14.3 Å². The van der Waals surface area contributed by atoms with Crippen LogP contribution in [0.25, 0.3) is 17.5 Å². The fourth-order valence-electron chi connectivity index (χ4n) is 2.49. The summed E-state index contributed by atoms with van der Waals surface area (Å²) < 4.78 is 20.7. The Morgan fingerprint density at radius 3 is 2.76 bits per heavy atom. The van der Waals surface area contributed by atoms with Gasteiger partial charge in [-0.2, -0.15) is 0 Å². The van der Waals surface area contributed by atoms with Gasteiger partial charge in [-0.05, 0) is 35.9 Å². The maximum atomic E-state index is 11.9. The minimum atomic E-state index is -0.673. The van der Waals surface area contributed by atoms with Crippen molar-refractivity contribution in [2.24, 2.45) is 0 Å². The Morgan fingerprint density at radius 1 is 1.07 bits per heavy atom. The lowest BCUT2D eigenvalue weighted by molar-refractivity contribution is -0.142. The molecule has 0 radical (unpaired) electrons. The molecular weight excluding hydrogens is 378 g/mol. The summed E-state index contributed by atoms with van der Waals surface area (Å²) in [5.74, 6) is 0.253. The number of amides is 1. The molecule has 0 atom stereocenters. The van der Waals surface area contributed by atoms with Gasteiger partial charge in [0.25, 0.3) is 5.91 Å². The van der Waals surface area contributed by atoms with E-state index in [-0.39, 0.29) is 18.7 Å². The fraction of sp³-hybridized carbons (Fsp3) is 0.100. The maximum Gasteiger partial charge on any atom is 0.331 e. The Bertz CT molecular complexity index is 1060. The number of ether oxygens (including phenoxy) is 3. The van der Waals surface area contributed by atoms with E-state index in [4.69, 9.17) is 18.6 Å². The average molecular weight is 393 g/mol. The Balaban J connectivity index is 1.26. The van der Waals surface area contributed by atoms with Crippen LogP contribution < -0.4 is 14.8 Å². The lowest BCUT2D eigenvalue weighted by atomic mass is 10.2. The average Bonchev–Trinajstić information content (AvgIpc) is 3.40. The van der Waals surface area contributed by atoms with E-state index in [2.05, 4.69) is 15.5 Å². The standard InChI is InChI=1S/C20H15N3O6/c24-17(21-20-23-22-19(29-20)14-4-2-1-3-5-14)11-26-18(25)9-7-13-6-8-15-16(10-13)28-12-27-15/h1-10H,11-12H2,(H,21,23,24)/b9-7+. The first kappa shape index (κ1) is 18.2. The molecule has 3 aromatic rings. The number of carbonyl (C=O) groups excluding carboxylic acids is 2. The van der Waals surface area contributed by atoms with Gasteiger partial charge in [0, 0.05) is 11.6 Å². The third kappa shape index (κ3) is 4.59. The molecule has 0 unspecified atom stereocenters. The van der Waals surface area contributed by atoms with Gasteiger partial charge in [0.2, 0.25) is 12.7 Å². The zero-order valence-electron chi connectivity index (χ0n) is 15.0. The molecule has 2 heterocycles. The number of nitrogens with one attached hydrogen (secondary N) is 1. The van der Waals surface area contributed by atoms with E-state index in [9.17, 15) is 9.59 Å². The Hall–Kier alpha value is -4.14. The van der Waals surface area contributed by atoms with Crippen molar-refractivity contribution in [2.75, 3.05) is 18.7 Å². The number of anilines is 1. The number of aromatic nitrogens is 2. The Kier molecular flexibility index (Phi) is 5.19. The number of hydrogen-bond acceptors (Lipinski definition) is 8. The van der Waals surface area contributed by atoms with Crippen molar-refractivity contribution < 1.29 is 28.2 Å². The molecule has 9 heteroatoms. The van der Waals surface area contributed by atoms with Crippen molar-refractivity contribution in [1.82, 2.24) is 10.2 Å². The molecular formula is C20H15N3O6. The lowest BCUT2D eigenvalue weighted by Crippen LogP contribution is -2.20. The molecule has 9 nitrogen and oxygen atoms in total. The molecule has 29 heavy (non-hydrogen) atoms. The van der Waals surface area contributed by atoms with Gasteiger partial charge in [0.15, 0.2) is 18.1 Å². The lowest BCUT2D eigenvalue weighted by Gasteiger charge is -2.01. The highest BCUT2D eigenvalue weighted by atomic mass is 16.7. The van der Waals surface area contributed by atoms with Crippen LogP contribution >= 0.6 is 0 Å². The van der Waals surface area contributed by atoms with Crippen LogP contribution in [0.15, 0.2) is 59.0 Å². The van der Waals surface area contributed by atoms with Crippen LogP contribution in [0.3, 0.4) is 0 Å². The van der Waals surface area contributed by atoms with Gasteiger partial charge in [-0.1, -0.05) is 29.4 Å². The summed E-state index contributed by atoms with van der Waals surface area (Å²) in [5.41, 5.74) is 1.45. The number of fused-ring (bicyclic) bond motifs is 1. The van der Waals surface area contributed by atoms with Crippen LogP contribution in [0.1, 0.15) is 5.56 Å². The number of rotatable bonds is 6. The van der Waals surface area contributed by atoms with Gasteiger partial charge >= 0.3 is 12.0 Å². The van der Waals surface area contributed by atoms with Crippen LogP contribution in [0.5, 0.6) is 11.5 Å². The second-order valence-corrected chi connectivity index (χ2v) is 5.88. The van der Waals surface area contributed by atoms with Crippen molar-refractivity contribution in [1.29, 1.82) is 0 Å². The molecule has 4 rings (SSSR count). The van der Waals surface area contributed by atoms with E-state index in [0.717, 1.165) is 11.1 Å². The summed E-state index contributed by atoms with van der Waals surface area (Å²) >= 11 is 0.